The van der Waals surface area contributed by atoms with Crippen LogP contribution in [0.25, 0.3) is 0 Å². The molecule has 4 heterocycles. The Labute approximate surface area is 238 Å². The molecule has 3 amide bonds. The second-order valence-electron chi connectivity index (χ2n) is 10.8. The zero-order valence-corrected chi connectivity index (χ0v) is 23.0. The molecule has 5 atom stereocenters. The Kier molecular flexibility index (Phi) is 7.02. The third-order valence-corrected chi connectivity index (χ3v) is 8.80. The number of rotatable bonds is 6. The van der Waals surface area contributed by atoms with Crippen LogP contribution >= 0.6 is 11.6 Å². The number of carbonyl (C=O) groups is 3. The Morgan fingerprint density at radius 1 is 0.950 bits per heavy atom. The van der Waals surface area contributed by atoms with E-state index in [0.717, 1.165) is 11.3 Å². The average Bonchev–Trinajstić information content (AvgIpc) is 3.25. The highest BCUT2D eigenvalue weighted by molar-refractivity contribution is 6.34. The molecular formula is C31H32ClN3O5. The van der Waals surface area contributed by atoms with Crippen molar-refractivity contribution in [3.05, 3.63) is 83.4 Å². The Bertz CT molecular complexity index is 1370. The summed E-state index contributed by atoms with van der Waals surface area (Å²) in [5, 5.41) is 9.86. The highest BCUT2D eigenvalue weighted by atomic mass is 35.5. The summed E-state index contributed by atoms with van der Waals surface area (Å²) in [7, 11) is 0. The van der Waals surface area contributed by atoms with Gasteiger partial charge in [-0.2, -0.15) is 0 Å². The zero-order valence-electron chi connectivity index (χ0n) is 22.3. The second-order valence-corrected chi connectivity index (χ2v) is 11.2. The molecule has 6 rings (SSSR count). The number of anilines is 2. The topological polar surface area (TPSA) is 90.4 Å². The fourth-order valence-electron chi connectivity index (χ4n) is 6.78. The first-order valence-corrected chi connectivity index (χ1v) is 14.1. The SMILES string of the molecule is Cc1cccc(Cl)c1N1CC=C[C@]23O[C@@H]4C=CCN(c5ccccc5)C(=O)[C@@H]4[C@H]2C(=O)N(CCCCO)C3C1=O. The Hall–Kier alpha value is -3.46. The molecular weight excluding hydrogens is 530 g/mol. The van der Waals surface area contributed by atoms with E-state index < -0.39 is 29.6 Å². The maximum Gasteiger partial charge on any atom is 0.253 e. The molecule has 2 saturated heterocycles. The van der Waals surface area contributed by atoms with E-state index in [1.54, 1.807) is 20.8 Å². The first-order valence-electron chi connectivity index (χ1n) is 13.8. The minimum Gasteiger partial charge on any atom is -0.396 e. The Balaban J connectivity index is 1.44. The molecule has 1 spiro atoms. The van der Waals surface area contributed by atoms with Crippen molar-refractivity contribution in [2.24, 2.45) is 11.8 Å². The van der Waals surface area contributed by atoms with Gasteiger partial charge in [0.1, 0.15) is 11.6 Å². The van der Waals surface area contributed by atoms with E-state index in [1.807, 2.05) is 73.7 Å². The van der Waals surface area contributed by atoms with Crippen LogP contribution in [0, 0.1) is 18.8 Å². The van der Waals surface area contributed by atoms with Crippen molar-refractivity contribution in [3.63, 3.8) is 0 Å². The quantitative estimate of drug-likeness (QED) is 0.431. The zero-order chi connectivity index (χ0) is 28.0. The van der Waals surface area contributed by atoms with Gasteiger partial charge < -0.3 is 24.5 Å². The van der Waals surface area contributed by atoms with E-state index in [0.29, 0.717) is 30.1 Å². The molecule has 9 heteroatoms. The van der Waals surface area contributed by atoms with E-state index >= 15 is 0 Å². The van der Waals surface area contributed by atoms with Gasteiger partial charge in [-0.05, 0) is 43.5 Å². The van der Waals surface area contributed by atoms with Crippen molar-refractivity contribution >= 4 is 40.7 Å². The molecule has 2 fully saturated rings. The summed E-state index contributed by atoms with van der Waals surface area (Å²) in [6, 6.07) is 13.9. The van der Waals surface area contributed by atoms with Crippen LogP contribution in [0.3, 0.4) is 0 Å². The molecule has 0 saturated carbocycles. The molecule has 0 aliphatic carbocycles. The number of carbonyl (C=O) groups excluding carboxylic acids is 3. The molecule has 8 nitrogen and oxygen atoms in total. The summed E-state index contributed by atoms with van der Waals surface area (Å²) in [6.07, 6.45) is 7.80. The standard InChI is InChI=1S/C31H32ClN3O5/c1-20-10-7-13-22(32)26(20)34-18-9-15-31-25(29(38)35(16-5-6-19-36)27(31)30(34)39)24-23(40-31)14-8-17-33(28(24)37)21-11-3-2-4-12-21/h2-4,7-15,23-25,27,36H,5-6,16-19H2,1H3/t23-,24+,25+,27?,31+/m1/s1. The largest absolute Gasteiger partial charge is 0.396 e. The van der Waals surface area contributed by atoms with Crippen LogP contribution in [0.4, 0.5) is 11.4 Å². The summed E-state index contributed by atoms with van der Waals surface area (Å²) in [4.78, 5) is 47.8. The fourth-order valence-corrected chi connectivity index (χ4v) is 7.10. The normalized spacial score (nSPS) is 29.4. The van der Waals surface area contributed by atoms with Gasteiger partial charge in [-0.1, -0.05) is 66.2 Å². The third kappa shape index (κ3) is 4.08. The van der Waals surface area contributed by atoms with Gasteiger partial charge in [-0.3, -0.25) is 14.4 Å². The maximum absolute atomic E-state index is 14.5. The molecule has 40 heavy (non-hydrogen) atoms. The molecule has 2 aromatic carbocycles. The van der Waals surface area contributed by atoms with E-state index in [1.165, 1.54) is 0 Å². The lowest BCUT2D eigenvalue weighted by molar-refractivity contribution is -0.140. The Morgan fingerprint density at radius 3 is 2.48 bits per heavy atom. The highest BCUT2D eigenvalue weighted by Crippen LogP contribution is 2.54. The lowest BCUT2D eigenvalue weighted by Gasteiger charge is -2.36. The van der Waals surface area contributed by atoms with E-state index in [2.05, 4.69) is 0 Å². The van der Waals surface area contributed by atoms with Gasteiger partial charge in [-0.15, -0.1) is 0 Å². The lowest BCUT2D eigenvalue weighted by Crippen LogP contribution is -2.55. The number of likely N-dealkylation sites (tertiary alicyclic amines) is 1. The van der Waals surface area contributed by atoms with Gasteiger partial charge in [0.15, 0.2) is 0 Å². The van der Waals surface area contributed by atoms with E-state index in [9.17, 15) is 19.5 Å². The second kappa shape index (κ2) is 10.5. The Morgan fingerprint density at radius 2 is 1.73 bits per heavy atom. The van der Waals surface area contributed by atoms with Crippen LogP contribution in [0.1, 0.15) is 18.4 Å². The van der Waals surface area contributed by atoms with Gasteiger partial charge in [0, 0.05) is 31.9 Å². The molecule has 4 aliphatic rings. The molecule has 1 unspecified atom stereocenters. The number of halogens is 1. The molecule has 0 radical (unpaired) electrons. The van der Waals surface area contributed by atoms with Crippen LogP contribution in [-0.2, 0) is 19.1 Å². The smallest absolute Gasteiger partial charge is 0.253 e. The third-order valence-electron chi connectivity index (χ3n) is 8.49. The summed E-state index contributed by atoms with van der Waals surface area (Å²) in [6.45, 7) is 2.77. The van der Waals surface area contributed by atoms with Crippen LogP contribution in [-0.4, -0.2) is 71.7 Å². The first kappa shape index (κ1) is 26.7. The summed E-state index contributed by atoms with van der Waals surface area (Å²) in [5.41, 5.74) is 0.868. The number of aliphatic hydroxyl groups excluding tert-OH is 1. The van der Waals surface area contributed by atoms with Crippen molar-refractivity contribution in [1.29, 1.82) is 0 Å². The van der Waals surface area contributed by atoms with Crippen molar-refractivity contribution in [2.75, 3.05) is 36.0 Å². The summed E-state index contributed by atoms with van der Waals surface area (Å²) >= 11 is 6.60. The lowest BCUT2D eigenvalue weighted by atomic mass is 9.77. The van der Waals surface area contributed by atoms with Crippen molar-refractivity contribution in [2.45, 2.75) is 37.5 Å². The highest BCUT2D eigenvalue weighted by Gasteiger charge is 2.71. The van der Waals surface area contributed by atoms with Gasteiger partial charge in [0.05, 0.1) is 28.6 Å². The number of aryl methyl sites for hydroxylation is 1. The molecule has 0 bridgehead atoms. The van der Waals surface area contributed by atoms with Crippen molar-refractivity contribution < 1.29 is 24.2 Å². The van der Waals surface area contributed by atoms with Crippen LogP contribution < -0.4 is 9.80 Å². The number of hydrogen-bond acceptors (Lipinski definition) is 5. The number of fused-ring (bicyclic) bond motifs is 2. The number of ether oxygens (including phenoxy) is 1. The fraction of sp³-hybridized carbons (Fsp3) is 0.387. The summed E-state index contributed by atoms with van der Waals surface area (Å²) < 4.78 is 6.70. The van der Waals surface area contributed by atoms with Crippen LogP contribution in [0.2, 0.25) is 5.02 Å². The van der Waals surface area contributed by atoms with Gasteiger partial charge in [-0.25, -0.2) is 0 Å². The number of aliphatic hydroxyl groups is 1. The van der Waals surface area contributed by atoms with Gasteiger partial charge >= 0.3 is 0 Å². The molecule has 4 aliphatic heterocycles. The number of amides is 3. The van der Waals surface area contributed by atoms with Crippen LogP contribution in [0.5, 0.6) is 0 Å². The van der Waals surface area contributed by atoms with Crippen molar-refractivity contribution in [3.8, 4) is 0 Å². The number of para-hydroxylation sites is 2. The van der Waals surface area contributed by atoms with Crippen LogP contribution in [0.15, 0.2) is 72.8 Å². The summed E-state index contributed by atoms with van der Waals surface area (Å²) in [5.74, 6) is -2.43. The number of unbranched alkanes of at least 4 members (excludes halogenated alkanes) is 1. The number of nitrogens with zero attached hydrogens (tertiary/aromatic N) is 3. The predicted octanol–water partition coefficient (Wildman–Crippen LogP) is 3.51. The first-order chi connectivity index (χ1) is 19.4. The monoisotopic (exact) mass is 561 g/mol. The predicted molar refractivity (Wildman–Crippen MR) is 152 cm³/mol. The van der Waals surface area contributed by atoms with Gasteiger partial charge in [0.2, 0.25) is 11.8 Å². The molecule has 0 aromatic heterocycles. The molecule has 2 aromatic rings. The van der Waals surface area contributed by atoms with E-state index in [4.69, 9.17) is 16.3 Å². The molecule has 1 N–H and O–H groups in total. The number of benzene rings is 2. The number of hydrogen-bond donors (Lipinski definition) is 1. The minimum atomic E-state index is -1.31. The van der Waals surface area contributed by atoms with Crippen molar-refractivity contribution in [1.82, 2.24) is 4.90 Å². The minimum absolute atomic E-state index is 0.0173. The maximum atomic E-state index is 14.5. The van der Waals surface area contributed by atoms with Gasteiger partial charge in [0.25, 0.3) is 5.91 Å². The average molecular weight is 562 g/mol. The van der Waals surface area contributed by atoms with E-state index in [-0.39, 0.29) is 37.4 Å². The molecule has 208 valence electrons.